The van der Waals surface area contributed by atoms with Gasteiger partial charge in [0.15, 0.2) is 0 Å². The summed E-state index contributed by atoms with van der Waals surface area (Å²) in [6, 6.07) is 11.4. The van der Waals surface area contributed by atoms with Crippen molar-refractivity contribution in [2.24, 2.45) is 0 Å². The van der Waals surface area contributed by atoms with Crippen LogP contribution >= 0.6 is 13.5 Å². The van der Waals surface area contributed by atoms with E-state index in [2.05, 4.69) is 44.3 Å². The van der Waals surface area contributed by atoms with Crippen LogP contribution in [0.2, 0.25) is 0 Å². The standard InChI is InChI=1S/C24H30N6O2.H2S/c1-6-30(4)23-10-8-18(14-27-23)20-12-22(29-15-28-20)26-13-16(2)19-9-7-17(24(31)25-3)11-21(19)32-5;/h7-12,14-16H,6,13H2,1-5H3,(H,25,31)(H,26,28,29);1H2/t16-;/m1./s1. The molecule has 0 saturated heterocycles. The molecule has 0 saturated carbocycles. The van der Waals surface area contributed by atoms with Crippen LogP contribution in [0.25, 0.3) is 11.3 Å². The minimum absolute atomic E-state index is 0. The van der Waals surface area contributed by atoms with Crippen LogP contribution in [-0.4, -0.2) is 55.2 Å². The summed E-state index contributed by atoms with van der Waals surface area (Å²) in [7, 11) is 5.23. The molecule has 0 aliphatic rings. The van der Waals surface area contributed by atoms with Gasteiger partial charge in [0.1, 0.15) is 23.7 Å². The molecule has 33 heavy (non-hydrogen) atoms. The van der Waals surface area contributed by atoms with Crippen LogP contribution in [0.3, 0.4) is 0 Å². The molecule has 1 atom stereocenters. The Morgan fingerprint density at radius 1 is 1.15 bits per heavy atom. The molecule has 2 N–H and O–H groups in total. The molecule has 0 bridgehead atoms. The largest absolute Gasteiger partial charge is 0.496 e. The van der Waals surface area contributed by atoms with Crippen LogP contribution in [0.1, 0.15) is 35.7 Å². The molecule has 0 spiro atoms. The molecule has 0 aliphatic carbocycles. The molecule has 0 radical (unpaired) electrons. The van der Waals surface area contributed by atoms with Crippen LogP contribution in [0.15, 0.2) is 48.9 Å². The number of carbonyl (C=O) groups excluding carboxylic acids is 1. The number of hydrogen-bond donors (Lipinski definition) is 2. The summed E-state index contributed by atoms with van der Waals surface area (Å²) < 4.78 is 5.52. The van der Waals surface area contributed by atoms with Crippen molar-refractivity contribution >= 4 is 31.0 Å². The summed E-state index contributed by atoms with van der Waals surface area (Å²) in [5.41, 5.74) is 3.32. The summed E-state index contributed by atoms with van der Waals surface area (Å²) >= 11 is 0. The average molecular weight is 469 g/mol. The maximum absolute atomic E-state index is 11.9. The lowest BCUT2D eigenvalue weighted by atomic mass is 9.98. The van der Waals surface area contributed by atoms with Gasteiger partial charge in [-0.25, -0.2) is 15.0 Å². The summed E-state index contributed by atoms with van der Waals surface area (Å²) in [6.45, 7) is 5.72. The minimum Gasteiger partial charge on any atom is -0.496 e. The number of rotatable bonds is 9. The minimum atomic E-state index is -0.141. The number of carbonyl (C=O) groups is 1. The van der Waals surface area contributed by atoms with Gasteiger partial charge in [-0.2, -0.15) is 13.5 Å². The normalized spacial score (nSPS) is 11.2. The lowest BCUT2D eigenvalue weighted by Gasteiger charge is -2.18. The Balaban J connectivity index is 0.00000385. The summed E-state index contributed by atoms with van der Waals surface area (Å²) in [4.78, 5) is 27.2. The van der Waals surface area contributed by atoms with Gasteiger partial charge in [-0.15, -0.1) is 0 Å². The number of nitrogens with zero attached hydrogens (tertiary/aromatic N) is 4. The van der Waals surface area contributed by atoms with Gasteiger partial charge in [0.25, 0.3) is 5.91 Å². The highest BCUT2D eigenvalue weighted by atomic mass is 32.1. The number of ether oxygens (including phenoxy) is 1. The predicted molar refractivity (Wildman–Crippen MR) is 138 cm³/mol. The van der Waals surface area contributed by atoms with Crippen LogP contribution in [0.5, 0.6) is 5.75 Å². The topological polar surface area (TPSA) is 92.3 Å². The average Bonchev–Trinajstić information content (AvgIpc) is 2.86. The molecule has 1 aromatic carbocycles. The molecule has 176 valence electrons. The van der Waals surface area contributed by atoms with Gasteiger partial charge in [-0.1, -0.05) is 13.0 Å². The van der Waals surface area contributed by atoms with Gasteiger partial charge in [0.05, 0.1) is 12.8 Å². The molecule has 0 fully saturated rings. The Hall–Kier alpha value is -3.33. The van der Waals surface area contributed by atoms with E-state index < -0.39 is 0 Å². The summed E-state index contributed by atoms with van der Waals surface area (Å²) in [5, 5.41) is 6.01. The smallest absolute Gasteiger partial charge is 0.251 e. The molecule has 3 rings (SSSR count). The zero-order valence-electron chi connectivity index (χ0n) is 19.7. The summed E-state index contributed by atoms with van der Waals surface area (Å²) in [5.74, 6) is 2.34. The second-order valence-electron chi connectivity index (χ2n) is 7.53. The van der Waals surface area contributed by atoms with Crippen molar-refractivity contribution in [3.05, 3.63) is 60.0 Å². The Bertz CT molecular complexity index is 1060. The molecule has 9 heteroatoms. The fourth-order valence-electron chi connectivity index (χ4n) is 3.31. The van der Waals surface area contributed by atoms with E-state index in [1.54, 1.807) is 26.6 Å². The highest BCUT2D eigenvalue weighted by Gasteiger charge is 2.15. The lowest BCUT2D eigenvalue weighted by molar-refractivity contribution is 0.0962. The van der Waals surface area contributed by atoms with Gasteiger partial charge >= 0.3 is 0 Å². The zero-order valence-corrected chi connectivity index (χ0v) is 20.7. The molecular formula is C24H32N6O2S. The number of methoxy groups -OCH3 is 1. The van der Waals surface area contributed by atoms with Gasteiger partial charge in [0, 0.05) is 56.5 Å². The van der Waals surface area contributed by atoms with Crippen molar-refractivity contribution in [3.8, 4) is 17.0 Å². The Morgan fingerprint density at radius 3 is 2.58 bits per heavy atom. The molecule has 0 aliphatic heterocycles. The highest BCUT2D eigenvalue weighted by molar-refractivity contribution is 7.59. The second kappa shape index (κ2) is 12.1. The first-order chi connectivity index (χ1) is 15.5. The van der Waals surface area contributed by atoms with Crippen molar-refractivity contribution in [1.29, 1.82) is 0 Å². The first-order valence-electron chi connectivity index (χ1n) is 10.6. The third kappa shape index (κ3) is 6.35. The van der Waals surface area contributed by atoms with E-state index in [-0.39, 0.29) is 25.3 Å². The number of hydrogen-bond acceptors (Lipinski definition) is 7. The number of nitrogens with one attached hydrogen (secondary N) is 2. The van der Waals surface area contributed by atoms with Gasteiger partial charge in [-0.3, -0.25) is 4.79 Å². The van der Waals surface area contributed by atoms with E-state index >= 15 is 0 Å². The van der Waals surface area contributed by atoms with Gasteiger partial charge in [0.2, 0.25) is 0 Å². The number of pyridine rings is 1. The van der Waals surface area contributed by atoms with Gasteiger partial charge < -0.3 is 20.3 Å². The molecule has 0 unspecified atom stereocenters. The van der Waals surface area contributed by atoms with Gasteiger partial charge in [-0.05, 0) is 36.8 Å². The van der Waals surface area contributed by atoms with Crippen molar-refractivity contribution in [3.63, 3.8) is 0 Å². The Morgan fingerprint density at radius 2 is 1.94 bits per heavy atom. The van der Waals surface area contributed by atoms with E-state index in [1.807, 2.05) is 43.6 Å². The highest BCUT2D eigenvalue weighted by Crippen LogP contribution is 2.28. The number of benzene rings is 1. The molecule has 2 heterocycles. The lowest BCUT2D eigenvalue weighted by Crippen LogP contribution is -2.18. The first-order valence-corrected chi connectivity index (χ1v) is 10.6. The molecule has 2 aromatic heterocycles. The first kappa shape index (κ1) is 25.9. The maximum Gasteiger partial charge on any atom is 0.251 e. The zero-order chi connectivity index (χ0) is 23.1. The monoisotopic (exact) mass is 468 g/mol. The van der Waals surface area contributed by atoms with Crippen LogP contribution in [-0.2, 0) is 0 Å². The molecule has 1 amide bonds. The number of amides is 1. The van der Waals surface area contributed by atoms with Crippen LogP contribution in [0.4, 0.5) is 11.6 Å². The fraction of sp³-hybridized carbons (Fsp3) is 0.333. The Kier molecular flexibility index (Phi) is 9.47. The van der Waals surface area contributed by atoms with E-state index in [1.165, 1.54) is 0 Å². The van der Waals surface area contributed by atoms with E-state index in [9.17, 15) is 4.79 Å². The third-order valence-electron chi connectivity index (χ3n) is 5.42. The summed E-state index contributed by atoms with van der Waals surface area (Å²) in [6.07, 6.45) is 3.38. The second-order valence-corrected chi connectivity index (χ2v) is 7.53. The van der Waals surface area contributed by atoms with E-state index in [0.717, 1.165) is 35.0 Å². The number of aromatic nitrogens is 3. The molecule has 8 nitrogen and oxygen atoms in total. The van der Waals surface area contributed by atoms with Crippen LogP contribution < -0.4 is 20.3 Å². The fourth-order valence-corrected chi connectivity index (χ4v) is 3.31. The van der Waals surface area contributed by atoms with Crippen molar-refractivity contribution in [2.75, 3.05) is 44.5 Å². The maximum atomic E-state index is 11.9. The third-order valence-corrected chi connectivity index (χ3v) is 5.42. The molecule has 3 aromatic rings. The van der Waals surface area contributed by atoms with E-state index in [4.69, 9.17) is 4.74 Å². The van der Waals surface area contributed by atoms with Crippen molar-refractivity contribution in [2.45, 2.75) is 19.8 Å². The van der Waals surface area contributed by atoms with Crippen molar-refractivity contribution in [1.82, 2.24) is 20.3 Å². The number of anilines is 2. The molecular weight excluding hydrogens is 436 g/mol. The Labute approximate surface area is 202 Å². The SMILES string of the molecule is CCN(C)c1ccc(-c2cc(NC[C@@H](C)c3ccc(C(=O)NC)cc3OC)ncn2)cn1.S. The predicted octanol–water partition coefficient (Wildman–Crippen LogP) is 3.69. The van der Waals surface area contributed by atoms with Crippen molar-refractivity contribution < 1.29 is 9.53 Å². The van der Waals surface area contributed by atoms with E-state index in [0.29, 0.717) is 17.9 Å². The van der Waals surface area contributed by atoms with Crippen LogP contribution in [0, 0.1) is 0 Å². The quantitative estimate of drug-likeness (QED) is 0.495.